The molecule has 0 bridgehead atoms. The third-order valence-corrected chi connectivity index (χ3v) is 1.88. The van der Waals surface area contributed by atoms with E-state index < -0.39 is 48.8 Å². The van der Waals surface area contributed by atoms with Gasteiger partial charge in [-0.25, -0.2) is 9.59 Å². The number of carbonyl (C=O) groups excluding carboxylic acids is 2. The lowest BCUT2D eigenvalue weighted by molar-refractivity contribution is -0.312. The highest BCUT2D eigenvalue weighted by Gasteiger charge is 2.59. The molecule has 0 aromatic heterocycles. The van der Waals surface area contributed by atoms with E-state index in [-0.39, 0.29) is 5.57 Å². The van der Waals surface area contributed by atoms with Crippen molar-refractivity contribution < 1.29 is 58.6 Å². The predicted molar refractivity (Wildman–Crippen MR) is 68.6 cm³/mol. The van der Waals surface area contributed by atoms with Gasteiger partial charge in [-0.05, 0) is 13.8 Å². The smallest absolute Gasteiger partial charge is 0.434 e. The molecule has 0 unspecified atom stereocenters. The average molecular weight is 404 g/mol. The second-order valence-electron chi connectivity index (χ2n) is 4.62. The molecule has 0 aliphatic rings. The molecule has 0 spiro atoms. The van der Waals surface area contributed by atoms with Gasteiger partial charge in [0.2, 0.25) is 0 Å². The molecule has 152 valence electrons. The first-order valence-electron chi connectivity index (χ1n) is 6.18. The molecule has 0 aliphatic carbocycles. The molecule has 4 nitrogen and oxygen atoms in total. The molecule has 0 atom stereocenters. The van der Waals surface area contributed by atoms with E-state index in [0.29, 0.717) is 0 Å². The van der Waals surface area contributed by atoms with Crippen LogP contribution in [0.4, 0.5) is 39.5 Å². The Kier molecular flexibility index (Phi) is 9.49. The Hall–Kier alpha value is -2.21. The van der Waals surface area contributed by atoms with Gasteiger partial charge in [-0.15, -0.1) is 0 Å². The van der Waals surface area contributed by atoms with Gasteiger partial charge in [0.15, 0.2) is 6.61 Å². The minimum atomic E-state index is -5.69. The van der Waals surface area contributed by atoms with Crippen molar-refractivity contribution in [1.82, 2.24) is 0 Å². The first-order valence-corrected chi connectivity index (χ1v) is 6.18. The zero-order valence-electron chi connectivity index (χ0n) is 13.2. The summed E-state index contributed by atoms with van der Waals surface area (Å²) in [6.07, 6.45) is -20.0. The van der Waals surface area contributed by atoms with Crippen molar-refractivity contribution >= 4 is 11.9 Å². The molecule has 26 heavy (non-hydrogen) atoms. The molecule has 0 saturated heterocycles. The first-order chi connectivity index (χ1) is 11.3. The van der Waals surface area contributed by atoms with E-state index >= 15 is 0 Å². The maximum Gasteiger partial charge on any atom is 0.434 e. The fourth-order valence-electron chi connectivity index (χ4n) is 0.797. The van der Waals surface area contributed by atoms with Crippen molar-refractivity contribution in [3.05, 3.63) is 24.3 Å². The lowest BCUT2D eigenvalue weighted by Gasteiger charge is -2.22. The summed E-state index contributed by atoms with van der Waals surface area (Å²) >= 11 is 0. The summed E-state index contributed by atoms with van der Waals surface area (Å²) in [6, 6.07) is 0. The molecule has 0 aromatic rings. The number of rotatable bonds is 4. The highest BCUT2D eigenvalue weighted by molar-refractivity contribution is 5.87. The van der Waals surface area contributed by atoms with Crippen LogP contribution in [0.3, 0.4) is 0 Å². The van der Waals surface area contributed by atoms with E-state index in [1.165, 1.54) is 6.92 Å². The molecule has 0 aliphatic heterocycles. The summed E-state index contributed by atoms with van der Waals surface area (Å²) in [4.78, 5) is 20.9. The van der Waals surface area contributed by atoms with Crippen LogP contribution in [0.2, 0.25) is 0 Å². The summed E-state index contributed by atoms with van der Waals surface area (Å²) in [5.74, 6) is -2.77. The number of ether oxygens (including phenoxy) is 2. The Morgan fingerprint density at radius 3 is 1.38 bits per heavy atom. The monoisotopic (exact) mass is 404 g/mol. The molecule has 0 amide bonds. The van der Waals surface area contributed by atoms with Crippen LogP contribution < -0.4 is 0 Å². The van der Waals surface area contributed by atoms with Crippen LogP contribution in [0.5, 0.6) is 0 Å². The zero-order valence-corrected chi connectivity index (χ0v) is 13.2. The fraction of sp³-hybridized carbons (Fsp3) is 0.538. The predicted octanol–water partition coefficient (Wildman–Crippen LogP) is 4.27. The van der Waals surface area contributed by atoms with Gasteiger partial charge in [-0.2, -0.15) is 39.5 Å². The highest BCUT2D eigenvalue weighted by Crippen LogP contribution is 2.35. The normalized spacial score (nSPS) is 12.0. The van der Waals surface area contributed by atoms with E-state index in [1.807, 2.05) is 0 Å². The van der Waals surface area contributed by atoms with Crippen LogP contribution in [0.1, 0.15) is 13.8 Å². The van der Waals surface area contributed by atoms with Crippen molar-refractivity contribution in [3.63, 3.8) is 0 Å². The Morgan fingerprint density at radius 1 is 0.808 bits per heavy atom. The van der Waals surface area contributed by atoms with Crippen LogP contribution in [0, 0.1) is 0 Å². The standard InChI is InChI=1S/C7H6F6O2.C6H7F3O2/c1-3(2)4(14)15-5(6(8,9)10)7(11,12)13;1-4(2)5(10)11-3-6(7,8)9/h5H,1H2,2H3;1,3H2,2H3. The Labute approximate surface area is 141 Å². The Morgan fingerprint density at radius 2 is 1.15 bits per heavy atom. The first kappa shape index (κ1) is 26.0. The molecule has 0 heterocycles. The third-order valence-electron chi connectivity index (χ3n) is 1.88. The summed E-state index contributed by atoms with van der Waals surface area (Å²) in [5, 5.41) is 0. The Balaban J connectivity index is 0. The molecule has 0 saturated carbocycles. The highest BCUT2D eigenvalue weighted by atomic mass is 19.4. The van der Waals surface area contributed by atoms with Gasteiger partial charge in [0.05, 0.1) is 0 Å². The van der Waals surface area contributed by atoms with E-state index in [1.54, 1.807) is 0 Å². The molecule has 0 radical (unpaired) electrons. The number of alkyl halides is 9. The summed E-state index contributed by atoms with van der Waals surface area (Å²) < 4.78 is 112. The van der Waals surface area contributed by atoms with Gasteiger partial charge in [0.1, 0.15) is 0 Å². The van der Waals surface area contributed by atoms with Crippen molar-refractivity contribution in [2.75, 3.05) is 6.61 Å². The van der Waals surface area contributed by atoms with Gasteiger partial charge < -0.3 is 9.47 Å². The molecule has 13 heteroatoms. The SMILES string of the molecule is C=C(C)C(=O)OC(C(F)(F)F)C(F)(F)F.C=C(C)C(=O)OCC(F)(F)F. The fourth-order valence-corrected chi connectivity index (χ4v) is 0.797. The van der Waals surface area contributed by atoms with Crippen molar-refractivity contribution in [2.45, 2.75) is 38.5 Å². The number of halogens is 9. The molecule has 0 N–H and O–H groups in total. The van der Waals surface area contributed by atoms with Gasteiger partial charge in [-0.3, -0.25) is 0 Å². The van der Waals surface area contributed by atoms with Crippen LogP contribution in [-0.2, 0) is 19.1 Å². The van der Waals surface area contributed by atoms with E-state index in [9.17, 15) is 49.1 Å². The average Bonchev–Trinajstić information content (AvgIpc) is 2.38. The van der Waals surface area contributed by atoms with Gasteiger partial charge in [-0.1, -0.05) is 13.2 Å². The Bertz CT molecular complexity index is 515. The second kappa shape index (κ2) is 9.48. The molecule has 0 aromatic carbocycles. The largest absolute Gasteiger partial charge is 0.453 e. The molecular weight excluding hydrogens is 391 g/mol. The number of carbonyl (C=O) groups is 2. The topological polar surface area (TPSA) is 52.6 Å². The van der Waals surface area contributed by atoms with E-state index in [2.05, 4.69) is 22.6 Å². The van der Waals surface area contributed by atoms with Crippen molar-refractivity contribution in [2.24, 2.45) is 0 Å². The zero-order chi connectivity index (χ0) is 21.5. The van der Waals surface area contributed by atoms with Gasteiger partial charge in [0, 0.05) is 11.1 Å². The third kappa shape index (κ3) is 12.2. The second-order valence-corrected chi connectivity index (χ2v) is 4.62. The summed E-state index contributed by atoms with van der Waals surface area (Å²) in [5.41, 5.74) is -0.595. The summed E-state index contributed by atoms with van der Waals surface area (Å²) in [6.45, 7) is 6.63. The maximum absolute atomic E-state index is 11.8. The molecule has 0 fully saturated rings. The summed E-state index contributed by atoms with van der Waals surface area (Å²) in [7, 11) is 0. The lowest BCUT2D eigenvalue weighted by Crippen LogP contribution is -2.45. The molecule has 0 rings (SSSR count). The van der Waals surface area contributed by atoms with Crippen molar-refractivity contribution in [3.8, 4) is 0 Å². The lowest BCUT2D eigenvalue weighted by atomic mass is 10.3. The van der Waals surface area contributed by atoms with Crippen LogP contribution >= 0.6 is 0 Å². The minimum absolute atomic E-state index is 0.0470. The maximum atomic E-state index is 11.8. The van der Waals surface area contributed by atoms with Crippen LogP contribution in [-0.4, -0.2) is 43.2 Å². The number of hydrogen-bond acceptors (Lipinski definition) is 4. The van der Waals surface area contributed by atoms with Crippen LogP contribution in [0.25, 0.3) is 0 Å². The number of esters is 2. The van der Waals surface area contributed by atoms with E-state index in [4.69, 9.17) is 0 Å². The van der Waals surface area contributed by atoms with E-state index in [0.717, 1.165) is 6.92 Å². The molecular formula is C13H13F9O4. The van der Waals surface area contributed by atoms with Gasteiger partial charge in [0.25, 0.3) is 6.10 Å². The minimum Gasteiger partial charge on any atom is -0.453 e. The van der Waals surface area contributed by atoms with Gasteiger partial charge >= 0.3 is 30.5 Å². The quantitative estimate of drug-likeness (QED) is 0.399. The van der Waals surface area contributed by atoms with Crippen LogP contribution in [0.15, 0.2) is 24.3 Å². The number of hydrogen-bond donors (Lipinski definition) is 0. The van der Waals surface area contributed by atoms with Crippen molar-refractivity contribution in [1.29, 1.82) is 0 Å².